The van der Waals surface area contributed by atoms with Gasteiger partial charge in [-0.15, -0.1) is 11.3 Å². The van der Waals surface area contributed by atoms with E-state index in [4.69, 9.17) is 5.11 Å². The molecule has 1 atom stereocenters. The number of nitrogens with zero attached hydrogens (tertiary/aromatic N) is 1. The van der Waals surface area contributed by atoms with Crippen LogP contribution in [0.15, 0.2) is 9.98 Å². The number of carbonyl (C=O) groups is 1. The second-order valence-corrected chi connectivity index (χ2v) is 4.70. The highest BCUT2D eigenvalue weighted by Crippen LogP contribution is 2.34. The Bertz CT molecular complexity index is 409. The predicted octanol–water partition coefficient (Wildman–Crippen LogP) is 2.72. The van der Waals surface area contributed by atoms with Crippen LogP contribution >= 0.6 is 27.3 Å². The van der Waals surface area contributed by atoms with E-state index in [0.29, 0.717) is 11.5 Å². The largest absolute Gasteiger partial charge is 0.479 e. The molecule has 2 N–H and O–H groups in total. The van der Waals surface area contributed by atoms with E-state index in [1.54, 1.807) is 0 Å². The summed E-state index contributed by atoms with van der Waals surface area (Å²) in [6.07, 6.45) is -4.92. The van der Waals surface area contributed by atoms with E-state index in [9.17, 15) is 18.0 Å². The summed E-state index contributed by atoms with van der Waals surface area (Å²) in [6.45, 7) is 0.546. The lowest BCUT2D eigenvalue weighted by molar-refractivity contribution is -0.192. The van der Waals surface area contributed by atoms with Crippen molar-refractivity contribution in [1.29, 1.82) is 0 Å². The second kappa shape index (κ2) is 4.21. The Morgan fingerprint density at radius 2 is 2.19 bits per heavy atom. The lowest BCUT2D eigenvalue weighted by Gasteiger charge is -2.28. The van der Waals surface area contributed by atoms with Crippen LogP contribution in [0.25, 0.3) is 0 Å². The van der Waals surface area contributed by atoms with Gasteiger partial charge in [-0.3, -0.25) is 0 Å². The fraction of sp³-hybridized carbons (Fsp3) is 0.429. The third-order valence-corrected chi connectivity index (χ3v) is 3.29. The smallest absolute Gasteiger partial charge is 0.422 e. The molecule has 0 aliphatic carbocycles. The molecule has 0 saturated carbocycles. The average molecular weight is 319 g/mol. The van der Waals surface area contributed by atoms with Crippen LogP contribution in [0.5, 0.6) is 0 Å². The number of nitrogens with one attached hydrogen (secondary N) is 1. The van der Waals surface area contributed by atoms with Crippen molar-refractivity contribution < 1.29 is 23.1 Å². The Hall–Kier alpha value is -0.830. The predicted molar refractivity (Wildman–Crippen MR) is 55.5 cm³/mol. The van der Waals surface area contributed by atoms with Crippen LogP contribution in [0.2, 0.25) is 0 Å². The maximum atomic E-state index is 12.6. The van der Waals surface area contributed by atoms with Gasteiger partial charge in [-0.25, -0.2) is 9.78 Å². The molecule has 9 heteroatoms. The molecule has 0 radical (unpaired) electrons. The van der Waals surface area contributed by atoms with Gasteiger partial charge in [-0.05, 0) is 22.9 Å². The number of aliphatic carboxylic acids is 1. The first-order chi connectivity index (χ1) is 7.17. The molecule has 0 spiro atoms. The molecule has 0 aliphatic heterocycles. The number of rotatable bonds is 3. The van der Waals surface area contributed by atoms with E-state index in [-0.39, 0.29) is 5.13 Å². The molecule has 4 nitrogen and oxygen atoms in total. The third kappa shape index (κ3) is 2.46. The van der Waals surface area contributed by atoms with Crippen molar-refractivity contribution in [2.75, 3.05) is 5.32 Å². The molecule has 1 rings (SSSR count). The number of aromatic nitrogens is 1. The van der Waals surface area contributed by atoms with Gasteiger partial charge in [0.25, 0.3) is 0 Å². The van der Waals surface area contributed by atoms with Crippen molar-refractivity contribution in [1.82, 2.24) is 4.98 Å². The van der Waals surface area contributed by atoms with Crippen LogP contribution in [0.4, 0.5) is 18.3 Å². The monoisotopic (exact) mass is 318 g/mol. The molecule has 0 bridgehead atoms. The summed E-state index contributed by atoms with van der Waals surface area (Å²) in [4.78, 5) is 14.3. The molecule has 0 amide bonds. The minimum Gasteiger partial charge on any atom is -0.479 e. The molecule has 0 aromatic carbocycles. The highest BCUT2D eigenvalue weighted by molar-refractivity contribution is 9.10. The van der Waals surface area contributed by atoms with E-state index in [1.807, 2.05) is 5.32 Å². The number of alkyl halides is 3. The lowest BCUT2D eigenvalue weighted by atomic mass is 10.0. The summed E-state index contributed by atoms with van der Waals surface area (Å²) in [6, 6.07) is 0. The van der Waals surface area contributed by atoms with Crippen molar-refractivity contribution in [2.24, 2.45) is 0 Å². The van der Waals surface area contributed by atoms with Crippen molar-refractivity contribution in [2.45, 2.75) is 18.6 Å². The number of carboxylic acid groups (broad SMARTS) is 1. The molecular formula is C7H6BrF3N2O2S. The normalized spacial score (nSPS) is 15.6. The van der Waals surface area contributed by atoms with Gasteiger partial charge in [0.2, 0.25) is 5.54 Å². The van der Waals surface area contributed by atoms with Gasteiger partial charge in [0, 0.05) is 5.38 Å². The van der Waals surface area contributed by atoms with Gasteiger partial charge in [-0.1, -0.05) is 0 Å². The first kappa shape index (κ1) is 13.2. The standard InChI is InChI=1S/C7H6BrF3N2O2S/c1-6(4(14)15,7(9,10)11)13-5-12-3(8)2-16-5/h2H,1H3,(H,12,13)(H,14,15). The summed E-state index contributed by atoms with van der Waals surface area (Å²) in [7, 11) is 0. The highest BCUT2D eigenvalue weighted by Gasteiger charge is 2.58. The van der Waals surface area contributed by atoms with Crippen LogP contribution in [0.3, 0.4) is 0 Å². The van der Waals surface area contributed by atoms with Gasteiger partial charge in [0.1, 0.15) is 4.60 Å². The zero-order chi connectivity index (χ0) is 12.6. The fourth-order valence-corrected chi connectivity index (χ4v) is 2.02. The summed E-state index contributed by atoms with van der Waals surface area (Å²) < 4.78 is 38.1. The van der Waals surface area contributed by atoms with E-state index >= 15 is 0 Å². The number of anilines is 1. The Morgan fingerprint density at radius 3 is 2.50 bits per heavy atom. The molecule has 16 heavy (non-hydrogen) atoms. The Balaban J connectivity index is 3.01. The van der Waals surface area contributed by atoms with E-state index in [2.05, 4.69) is 20.9 Å². The Morgan fingerprint density at radius 1 is 1.62 bits per heavy atom. The van der Waals surface area contributed by atoms with Crippen molar-refractivity contribution in [3.63, 3.8) is 0 Å². The molecule has 1 unspecified atom stereocenters. The van der Waals surface area contributed by atoms with Gasteiger partial charge in [-0.2, -0.15) is 13.2 Å². The van der Waals surface area contributed by atoms with Gasteiger partial charge < -0.3 is 10.4 Å². The molecular weight excluding hydrogens is 313 g/mol. The summed E-state index contributed by atoms with van der Waals surface area (Å²) in [5, 5.41) is 11.8. The topological polar surface area (TPSA) is 62.2 Å². The van der Waals surface area contributed by atoms with E-state index in [0.717, 1.165) is 11.3 Å². The molecule has 1 heterocycles. The highest BCUT2D eigenvalue weighted by atomic mass is 79.9. The number of hydrogen-bond acceptors (Lipinski definition) is 4. The second-order valence-electron chi connectivity index (χ2n) is 3.03. The molecule has 90 valence electrons. The summed E-state index contributed by atoms with van der Waals surface area (Å²) in [5.41, 5.74) is -3.05. The van der Waals surface area contributed by atoms with E-state index < -0.39 is 17.7 Å². The van der Waals surface area contributed by atoms with Crippen LogP contribution in [-0.4, -0.2) is 27.8 Å². The third-order valence-electron chi connectivity index (χ3n) is 1.83. The minimum absolute atomic E-state index is 0.117. The number of halogens is 4. The van der Waals surface area contributed by atoms with E-state index in [1.165, 1.54) is 5.38 Å². The fourth-order valence-electron chi connectivity index (χ4n) is 0.771. The summed E-state index contributed by atoms with van der Waals surface area (Å²) >= 11 is 3.84. The number of carboxylic acids is 1. The molecule has 1 aromatic heterocycles. The van der Waals surface area contributed by atoms with Gasteiger partial charge in [0.05, 0.1) is 0 Å². The molecule has 0 aliphatic rings. The van der Waals surface area contributed by atoms with Crippen LogP contribution in [0, 0.1) is 0 Å². The van der Waals surface area contributed by atoms with Crippen molar-refractivity contribution in [3.05, 3.63) is 9.98 Å². The quantitative estimate of drug-likeness (QED) is 0.899. The van der Waals surface area contributed by atoms with Gasteiger partial charge >= 0.3 is 12.1 Å². The maximum absolute atomic E-state index is 12.6. The first-order valence-corrected chi connectivity index (χ1v) is 5.53. The van der Waals surface area contributed by atoms with Crippen LogP contribution < -0.4 is 5.32 Å². The first-order valence-electron chi connectivity index (χ1n) is 3.86. The molecule has 0 fully saturated rings. The number of thiazole rings is 1. The summed E-state index contributed by atoms with van der Waals surface area (Å²) in [5.74, 6) is -2.01. The van der Waals surface area contributed by atoms with Crippen LogP contribution in [0.1, 0.15) is 6.92 Å². The molecule has 0 saturated heterocycles. The van der Waals surface area contributed by atoms with Gasteiger partial charge in [0.15, 0.2) is 5.13 Å². The Kier molecular flexibility index (Phi) is 3.48. The maximum Gasteiger partial charge on any atom is 0.422 e. The zero-order valence-corrected chi connectivity index (χ0v) is 10.2. The SMILES string of the molecule is CC(Nc1nc(Br)cs1)(C(=O)O)C(F)(F)F. The number of hydrogen-bond donors (Lipinski definition) is 2. The average Bonchev–Trinajstić information content (AvgIpc) is 2.48. The molecule has 1 aromatic rings. The minimum atomic E-state index is -4.92. The zero-order valence-electron chi connectivity index (χ0n) is 7.80. The Labute approximate surface area is 101 Å². The van der Waals surface area contributed by atoms with Crippen molar-refractivity contribution >= 4 is 38.4 Å². The van der Waals surface area contributed by atoms with Crippen LogP contribution in [-0.2, 0) is 4.79 Å². The lowest BCUT2D eigenvalue weighted by Crippen LogP contribution is -2.55. The van der Waals surface area contributed by atoms with Crippen molar-refractivity contribution in [3.8, 4) is 0 Å².